The molecule has 0 aliphatic rings. The summed E-state index contributed by atoms with van der Waals surface area (Å²) >= 11 is 7.77. The Morgan fingerprint density at radius 2 is 1.85 bits per heavy atom. The van der Waals surface area contributed by atoms with Gasteiger partial charge in [-0.3, -0.25) is 4.79 Å². The number of nitrogens with zero attached hydrogens (tertiary/aromatic N) is 2. The molecule has 5 heteroatoms. The van der Waals surface area contributed by atoms with Crippen LogP contribution in [0.2, 0.25) is 5.02 Å². The average Bonchev–Trinajstić information content (AvgIpc) is 3.11. The van der Waals surface area contributed by atoms with Gasteiger partial charge in [0.1, 0.15) is 5.01 Å². The fourth-order valence-corrected chi connectivity index (χ4v) is 3.92. The van der Waals surface area contributed by atoms with Gasteiger partial charge < -0.3 is 4.90 Å². The standard InChI is InChI=1S/C21H21ClN2OS/c1-2-12-24(14-16-8-4-3-5-9-16)20(25)13-17-15-26-21(23-17)18-10-6-7-11-19(18)22/h3-11,15H,2,12-14H2,1H3. The number of hydrogen-bond acceptors (Lipinski definition) is 3. The van der Waals surface area contributed by atoms with E-state index in [1.807, 2.05) is 64.9 Å². The summed E-state index contributed by atoms with van der Waals surface area (Å²) in [6, 6.07) is 17.7. The van der Waals surface area contributed by atoms with E-state index in [0.717, 1.165) is 34.8 Å². The van der Waals surface area contributed by atoms with E-state index in [2.05, 4.69) is 11.9 Å². The predicted octanol–water partition coefficient (Wildman–Crippen LogP) is 5.44. The molecule has 1 amide bonds. The Balaban J connectivity index is 1.71. The Bertz CT molecular complexity index is 863. The van der Waals surface area contributed by atoms with E-state index in [9.17, 15) is 4.79 Å². The molecule has 0 radical (unpaired) electrons. The molecule has 0 aliphatic heterocycles. The monoisotopic (exact) mass is 384 g/mol. The van der Waals surface area contributed by atoms with E-state index in [4.69, 9.17) is 11.6 Å². The molecule has 2 aromatic carbocycles. The SMILES string of the molecule is CCCN(Cc1ccccc1)C(=O)Cc1csc(-c2ccccc2Cl)n1. The second-order valence-corrected chi connectivity index (χ2v) is 7.37. The minimum atomic E-state index is 0.103. The van der Waals surface area contributed by atoms with Crippen molar-refractivity contribution in [2.75, 3.05) is 6.54 Å². The van der Waals surface area contributed by atoms with Crippen LogP contribution in [0.5, 0.6) is 0 Å². The van der Waals surface area contributed by atoms with Crippen molar-refractivity contribution < 1.29 is 4.79 Å². The molecule has 0 spiro atoms. The van der Waals surface area contributed by atoms with Crippen LogP contribution in [0, 0.1) is 0 Å². The van der Waals surface area contributed by atoms with Crippen LogP contribution in [-0.2, 0) is 17.8 Å². The predicted molar refractivity (Wildman–Crippen MR) is 108 cm³/mol. The number of carbonyl (C=O) groups excluding carboxylic acids is 1. The number of rotatable bonds is 7. The fraction of sp³-hybridized carbons (Fsp3) is 0.238. The quantitative estimate of drug-likeness (QED) is 0.543. The van der Waals surface area contributed by atoms with Gasteiger partial charge in [0, 0.05) is 24.0 Å². The van der Waals surface area contributed by atoms with Crippen molar-refractivity contribution >= 4 is 28.8 Å². The Hall–Kier alpha value is -2.17. The number of benzene rings is 2. The topological polar surface area (TPSA) is 33.2 Å². The van der Waals surface area contributed by atoms with Crippen LogP contribution < -0.4 is 0 Å². The number of halogens is 1. The van der Waals surface area contributed by atoms with Gasteiger partial charge in [-0.2, -0.15) is 0 Å². The Morgan fingerprint density at radius 1 is 1.12 bits per heavy atom. The second kappa shape index (κ2) is 8.97. The van der Waals surface area contributed by atoms with Crippen molar-refractivity contribution in [3.8, 4) is 10.6 Å². The third kappa shape index (κ3) is 4.71. The van der Waals surface area contributed by atoms with Gasteiger partial charge >= 0.3 is 0 Å². The van der Waals surface area contributed by atoms with E-state index in [-0.39, 0.29) is 5.91 Å². The summed E-state index contributed by atoms with van der Waals surface area (Å²) in [5, 5.41) is 3.48. The van der Waals surface area contributed by atoms with Gasteiger partial charge in [0.05, 0.1) is 17.1 Å². The smallest absolute Gasteiger partial charge is 0.228 e. The molecule has 0 N–H and O–H groups in total. The molecule has 3 rings (SSSR count). The molecule has 26 heavy (non-hydrogen) atoms. The van der Waals surface area contributed by atoms with Crippen LogP contribution in [-0.4, -0.2) is 22.3 Å². The van der Waals surface area contributed by atoms with Crippen molar-refractivity contribution in [3.05, 3.63) is 76.3 Å². The number of carbonyl (C=O) groups is 1. The molecule has 1 aromatic heterocycles. The summed E-state index contributed by atoms with van der Waals surface area (Å²) in [6.45, 7) is 3.47. The zero-order chi connectivity index (χ0) is 18.4. The molecule has 3 nitrogen and oxygen atoms in total. The maximum atomic E-state index is 12.8. The van der Waals surface area contributed by atoms with Crippen molar-refractivity contribution in [3.63, 3.8) is 0 Å². The number of hydrogen-bond donors (Lipinski definition) is 0. The van der Waals surface area contributed by atoms with Gasteiger partial charge in [0.25, 0.3) is 0 Å². The van der Waals surface area contributed by atoms with Gasteiger partial charge in [-0.1, -0.05) is 67.1 Å². The third-order valence-corrected chi connectivity index (χ3v) is 5.30. The third-order valence-electron chi connectivity index (χ3n) is 4.05. The Kier molecular flexibility index (Phi) is 6.42. The van der Waals surface area contributed by atoms with Crippen LogP contribution in [0.15, 0.2) is 60.0 Å². The summed E-state index contributed by atoms with van der Waals surface area (Å²) in [5.74, 6) is 0.103. The van der Waals surface area contributed by atoms with Crippen LogP contribution in [0.25, 0.3) is 10.6 Å². The first-order valence-electron chi connectivity index (χ1n) is 8.68. The highest BCUT2D eigenvalue weighted by atomic mass is 35.5. The minimum absolute atomic E-state index is 0.103. The zero-order valence-electron chi connectivity index (χ0n) is 14.7. The average molecular weight is 385 g/mol. The van der Waals surface area contributed by atoms with Crippen LogP contribution in [0.1, 0.15) is 24.6 Å². The van der Waals surface area contributed by atoms with Gasteiger partial charge in [-0.25, -0.2) is 4.98 Å². The Morgan fingerprint density at radius 3 is 2.58 bits per heavy atom. The zero-order valence-corrected chi connectivity index (χ0v) is 16.3. The van der Waals surface area contributed by atoms with Gasteiger partial charge in [-0.05, 0) is 18.1 Å². The second-order valence-electron chi connectivity index (χ2n) is 6.10. The molecule has 0 saturated heterocycles. The summed E-state index contributed by atoms with van der Waals surface area (Å²) in [7, 11) is 0. The van der Waals surface area contributed by atoms with Crippen molar-refractivity contribution in [1.82, 2.24) is 9.88 Å². The number of amides is 1. The molecule has 0 saturated carbocycles. The normalized spacial score (nSPS) is 10.7. The lowest BCUT2D eigenvalue weighted by molar-refractivity contribution is -0.131. The summed E-state index contributed by atoms with van der Waals surface area (Å²) in [4.78, 5) is 19.3. The van der Waals surface area contributed by atoms with Gasteiger partial charge in [0.2, 0.25) is 5.91 Å². The molecular weight excluding hydrogens is 364 g/mol. The van der Waals surface area contributed by atoms with Crippen LogP contribution >= 0.6 is 22.9 Å². The van der Waals surface area contributed by atoms with E-state index in [0.29, 0.717) is 18.0 Å². The maximum Gasteiger partial charge on any atom is 0.228 e. The van der Waals surface area contributed by atoms with E-state index < -0.39 is 0 Å². The molecular formula is C21H21ClN2OS. The number of thiazole rings is 1. The van der Waals surface area contributed by atoms with E-state index in [1.54, 1.807) is 0 Å². The van der Waals surface area contributed by atoms with Crippen LogP contribution in [0.3, 0.4) is 0 Å². The minimum Gasteiger partial charge on any atom is -0.338 e. The molecule has 134 valence electrons. The first-order valence-corrected chi connectivity index (χ1v) is 9.94. The molecule has 1 heterocycles. The largest absolute Gasteiger partial charge is 0.338 e. The van der Waals surface area contributed by atoms with Crippen molar-refractivity contribution in [2.45, 2.75) is 26.3 Å². The fourth-order valence-electron chi connectivity index (χ4n) is 2.78. The lowest BCUT2D eigenvalue weighted by atomic mass is 10.2. The first kappa shape index (κ1) is 18.6. The lowest BCUT2D eigenvalue weighted by Gasteiger charge is -2.22. The highest BCUT2D eigenvalue weighted by Gasteiger charge is 2.16. The van der Waals surface area contributed by atoms with Crippen LogP contribution in [0.4, 0.5) is 0 Å². The highest BCUT2D eigenvalue weighted by Crippen LogP contribution is 2.30. The molecule has 0 unspecified atom stereocenters. The van der Waals surface area contributed by atoms with Crippen molar-refractivity contribution in [1.29, 1.82) is 0 Å². The molecule has 0 fully saturated rings. The van der Waals surface area contributed by atoms with E-state index >= 15 is 0 Å². The maximum absolute atomic E-state index is 12.8. The lowest BCUT2D eigenvalue weighted by Crippen LogP contribution is -2.32. The molecule has 0 aliphatic carbocycles. The summed E-state index contributed by atoms with van der Waals surface area (Å²) in [6.07, 6.45) is 1.24. The molecule has 0 bridgehead atoms. The molecule has 3 aromatic rings. The summed E-state index contributed by atoms with van der Waals surface area (Å²) in [5.41, 5.74) is 2.85. The van der Waals surface area contributed by atoms with Crippen molar-refractivity contribution in [2.24, 2.45) is 0 Å². The van der Waals surface area contributed by atoms with E-state index in [1.165, 1.54) is 11.3 Å². The van der Waals surface area contributed by atoms with Gasteiger partial charge in [0.15, 0.2) is 0 Å². The number of aromatic nitrogens is 1. The van der Waals surface area contributed by atoms with Gasteiger partial charge in [-0.15, -0.1) is 11.3 Å². The summed E-state index contributed by atoms with van der Waals surface area (Å²) < 4.78 is 0. The first-order chi connectivity index (χ1) is 12.7. The Labute approximate surface area is 163 Å². The molecule has 0 atom stereocenters. The highest BCUT2D eigenvalue weighted by molar-refractivity contribution is 7.13.